The molecule has 0 radical (unpaired) electrons. The summed E-state index contributed by atoms with van der Waals surface area (Å²) in [5.41, 5.74) is 2.08. The number of amides is 1. The first-order chi connectivity index (χ1) is 12.8. The van der Waals surface area contributed by atoms with Gasteiger partial charge in [-0.2, -0.15) is 0 Å². The van der Waals surface area contributed by atoms with Crippen LogP contribution in [0.1, 0.15) is 30.0 Å². The van der Waals surface area contributed by atoms with Crippen LogP contribution in [0.4, 0.5) is 14.5 Å². The van der Waals surface area contributed by atoms with Gasteiger partial charge in [-0.15, -0.1) is 0 Å². The zero-order chi connectivity index (χ0) is 19.6. The van der Waals surface area contributed by atoms with E-state index in [-0.39, 0.29) is 11.7 Å². The van der Waals surface area contributed by atoms with E-state index in [9.17, 15) is 22.0 Å². The summed E-state index contributed by atoms with van der Waals surface area (Å²) in [5.74, 6) is -2.77. The third-order valence-electron chi connectivity index (χ3n) is 4.58. The van der Waals surface area contributed by atoms with Crippen molar-refractivity contribution in [3.05, 3.63) is 65.2 Å². The predicted octanol–water partition coefficient (Wildman–Crippen LogP) is 2.92. The van der Waals surface area contributed by atoms with E-state index in [4.69, 9.17) is 0 Å². The molecule has 0 saturated carbocycles. The third kappa shape index (κ3) is 4.44. The molecule has 27 heavy (non-hydrogen) atoms. The maximum atomic E-state index is 13.5. The fourth-order valence-corrected chi connectivity index (χ4v) is 4.16. The van der Waals surface area contributed by atoms with E-state index in [1.807, 2.05) is 24.3 Å². The number of aryl methyl sites for hydroxylation is 1. The molecule has 0 fully saturated rings. The van der Waals surface area contributed by atoms with Crippen molar-refractivity contribution in [3.8, 4) is 0 Å². The minimum atomic E-state index is -3.86. The molecule has 0 heterocycles. The summed E-state index contributed by atoms with van der Waals surface area (Å²) in [5, 5.41) is 2.86. The maximum absolute atomic E-state index is 13.5. The zero-order valence-electron chi connectivity index (χ0n) is 14.8. The van der Waals surface area contributed by atoms with Crippen LogP contribution in [0.25, 0.3) is 0 Å². The fraction of sp³-hybridized carbons (Fsp3) is 0.316. The van der Waals surface area contributed by atoms with E-state index in [1.54, 1.807) is 0 Å². The van der Waals surface area contributed by atoms with E-state index in [0.29, 0.717) is 0 Å². The second-order valence-corrected chi connectivity index (χ2v) is 8.49. The average molecular weight is 394 g/mol. The molecule has 0 aromatic heterocycles. The van der Waals surface area contributed by atoms with Crippen LogP contribution in [0.15, 0.2) is 42.5 Å². The number of rotatable bonds is 5. The van der Waals surface area contributed by atoms with E-state index in [2.05, 4.69) is 5.32 Å². The lowest BCUT2D eigenvalue weighted by atomic mass is 9.88. The van der Waals surface area contributed by atoms with Gasteiger partial charge >= 0.3 is 0 Å². The highest BCUT2D eigenvalue weighted by Gasteiger charge is 2.25. The van der Waals surface area contributed by atoms with Crippen LogP contribution in [-0.2, 0) is 21.2 Å². The van der Waals surface area contributed by atoms with Crippen molar-refractivity contribution in [1.82, 2.24) is 5.32 Å². The number of sulfonamides is 1. The number of anilines is 1. The molecule has 1 N–H and O–H groups in total. The number of carbonyl (C=O) groups is 1. The minimum absolute atomic E-state index is 0.101. The average Bonchev–Trinajstić information content (AvgIpc) is 2.61. The number of fused-ring (bicyclic) bond motifs is 1. The summed E-state index contributed by atoms with van der Waals surface area (Å²) in [7, 11) is -3.86. The molecule has 3 rings (SSSR count). The molecule has 1 amide bonds. The summed E-state index contributed by atoms with van der Waals surface area (Å²) in [6.45, 7) is -0.511. The Morgan fingerprint density at radius 2 is 1.93 bits per heavy atom. The van der Waals surface area contributed by atoms with Crippen molar-refractivity contribution in [2.75, 3.05) is 17.1 Å². The predicted molar refractivity (Wildman–Crippen MR) is 98.8 cm³/mol. The van der Waals surface area contributed by atoms with Crippen molar-refractivity contribution in [3.63, 3.8) is 0 Å². The summed E-state index contributed by atoms with van der Waals surface area (Å²) in [6, 6.07) is 10.3. The van der Waals surface area contributed by atoms with Crippen molar-refractivity contribution in [1.29, 1.82) is 0 Å². The Hall–Kier alpha value is -2.48. The van der Waals surface area contributed by atoms with Crippen LogP contribution in [0.5, 0.6) is 0 Å². The molecule has 2 aromatic rings. The van der Waals surface area contributed by atoms with Gasteiger partial charge < -0.3 is 5.32 Å². The highest BCUT2D eigenvalue weighted by Crippen LogP contribution is 2.29. The normalized spacial score (nSPS) is 16.5. The Kier molecular flexibility index (Phi) is 5.46. The number of benzene rings is 2. The Labute approximate surface area is 157 Å². The number of carbonyl (C=O) groups excluding carboxylic acids is 1. The first-order valence-corrected chi connectivity index (χ1v) is 10.4. The van der Waals surface area contributed by atoms with Gasteiger partial charge in [0.25, 0.3) is 0 Å². The van der Waals surface area contributed by atoms with Gasteiger partial charge in [0, 0.05) is 6.07 Å². The molecule has 0 saturated heterocycles. The van der Waals surface area contributed by atoms with E-state index in [0.717, 1.165) is 59.1 Å². The molecule has 0 spiro atoms. The van der Waals surface area contributed by atoms with Crippen LogP contribution in [0, 0.1) is 11.6 Å². The Bertz CT molecular complexity index is 963. The van der Waals surface area contributed by atoms with Crippen molar-refractivity contribution in [2.45, 2.75) is 25.3 Å². The molecule has 8 heteroatoms. The molecule has 1 atom stereocenters. The second kappa shape index (κ2) is 7.64. The number of hydrogen-bond acceptors (Lipinski definition) is 3. The zero-order valence-corrected chi connectivity index (χ0v) is 15.6. The van der Waals surface area contributed by atoms with Crippen LogP contribution in [-0.4, -0.2) is 27.1 Å². The Morgan fingerprint density at radius 1 is 1.19 bits per heavy atom. The number of halogens is 2. The smallest absolute Gasteiger partial charge is 0.241 e. The van der Waals surface area contributed by atoms with Gasteiger partial charge in [-0.25, -0.2) is 17.2 Å². The van der Waals surface area contributed by atoms with Crippen LogP contribution >= 0.6 is 0 Å². The maximum Gasteiger partial charge on any atom is 0.241 e. The minimum Gasteiger partial charge on any atom is -0.348 e. The monoisotopic (exact) mass is 394 g/mol. The van der Waals surface area contributed by atoms with Crippen LogP contribution in [0.3, 0.4) is 0 Å². The number of nitrogens with one attached hydrogen (secondary N) is 1. The number of hydrogen-bond donors (Lipinski definition) is 1. The first-order valence-electron chi connectivity index (χ1n) is 8.55. The van der Waals surface area contributed by atoms with Gasteiger partial charge in [0.05, 0.1) is 18.0 Å². The van der Waals surface area contributed by atoms with Crippen LogP contribution in [0.2, 0.25) is 0 Å². The summed E-state index contributed by atoms with van der Waals surface area (Å²) < 4.78 is 51.6. The molecule has 0 aliphatic heterocycles. The van der Waals surface area contributed by atoms with E-state index < -0.39 is 34.1 Å². The quantitative estimate of drug-likeness (QED) is 0.848. The largest absolute Gasteiger partial charge is 0.348 e. The lowest BCUT2D eigenvalue weighted by molar-refractivity contribution is -0.120. The van der Waals surface area contributed by atoms with Crippen molar-refractivity contribution < 1.29 is 22.0 Å². The molecule has 0 bridgehead atoms. The Morgan fingerprint density at radius 3 is 2.63 bits per heavy atom. The van der Waals surface area contributed by atoms with Gasteiger partial charge in [0.2, 0.25) is 15.9 Å². The van der Waals surface area contributed by atoms with Gasteiger partial charge in [0.15, 0.2) is 11.6 Å². The van der Waals surface area contributed by atoms with E-state index >= 15 is 0 Å². The molecule has 1 aliphatic rings. The highest BCUT2D eigenvalue weighted by atomic mass is 32.2. The van der Waals surface area contributed by atoms with E-state index in [1.165, 1.54) is 0 Å². The molecule has 5 nitrogen and oxygen atoms in total. The highest BCUT2D eigenvalue weighted by molar-refractivity contribution is 7.92. The fourth-order valence-electron chi connectivity index (χ4n) is 3.31. The molecule has 144 valence electrons. The SMILES string of the molecule is CS(=O)(=O)N(CC(=O)N[C@H]1CCCc2ccccc21)c1ccc(F)c(F)c1. The standard InChI is InChI=1S/C19H20F2N2O3S/c1-27(25,26)23(14-9-10-16(20)17(21)11-14)12-19(24)22-18-8-4-6-13-5-2-3-7-15(13)18/h2-3,5,7,9-11,18H,4,6,8,12H2,1H3,(H,22,24)/t18-/m0/s1. The van der Waals surface area contributed by atoms with Crippen LogP contribution < -0.4 is 9.62 Å². The second-order valence-electron chi connectivity index (χ2n) is 6.58. The van der Waals surface area contributed by atoms with Gasteiger partial charge in [0.1, 0.15) is 6.54 Å². The number of nitrogens with zero attached hydrogens (tertiary/aromatic N) is 1. The molecule has 0 unspecified atom stereocenters. The molecule has 1 aliphatic carbocycles. The summed E-state index contributed by atoms with van der Waals surface area (Å²) in [6.07, 6.45) is 3.53. The van der Waals surface area contributed by atoms with Gasteiger partial charge in [-0.05, 0) is 42.5 Å². The topological polar surface area (TPSA) is 66.5 Å². The molecule has 2 aromatic carbocycles. The first kappa shape index (κ1) is 19.3. The summed E-state index contributed by atoms with van der Waals surface area (Å²) >= 11 is 0. The Balaban J connectivity index is 1.79. The summed E-state index contributed by atoms with van der Waals surface area (Å²) in [4.78, 5) is 12.5. The van der Waals surface area contributed by atoms with Gasteiger partial charge in [-0.3, -0.25) is 9.10 Å². The van der Waals surface area contributed by atoms with Gasteiger partial charge in [-0.1, -0.05) is 24.3 Å². The van der Waals surface area contributed by atoms with Crippen molar-refractivity contribution >= 4 is 21.6 Å². The molecular formula is C19H20F2N2O3S. The third-order valence-corrected chi connectivity index (χ3v) is 5.72. The molecular weight excluding hydrogens is 374 g/mol. The lowest BCUT2D eigenvalue weighted by Gasteiger charge is -2.28. The lowest BCUT2D eigenvalue weighted by Crippen LogP contribution is -2.42. The van der Waals surface area contributed by atoms with Crippen molar-refractivity contribution in [2.24, 2.45) is 0 Å².